The van der Waals surface area contributed by atoms with Crippen LogP contribution in [0.4, 0.5) is 0 Å². The van der Waals surface area contributed by atoms with E-state index in [4.69, 9.17) is 9.47 Å². The highest BCUT2D eigenvalue weighted by atomic mass is 79.9. The van der Waals surface area contributed by atoms with Crippen molar-refractivity contribution >= 4 is 15.9 Å². The summed E-state index contributed by atoms with van der Waals surface area (Å²) in [5, 5.41) is 3.58. The first-order valence-electron chi connectivity index (χ1n) is 6.46. The predicted octanol–water partition coefficient (Wildman–Crippen LogP) is 2.86. The molecule has 2 aliphatic heterocycles. The number of hydrogen-bond donors (Lipinski definition) is 1. The van der Waals surface area contributed by atoms with Crippen LogP contribution in [-0.2, 0) is 9.47 Å². The fraction of sp³-hybridized carbons (Fsp3) is 0.571. The van der Waals surface area contributed by atoms with Crippen LogP contribution in [0, 0.1) is 5.92 Å². The average molecular weight is 312 g/mol. The second kappa shape index (κ2) is 4.93. The maximum Gasteiger partial charge on any atom is 0.174 e. The van der Waals surface area contributed by atoms with Crippen molar-refractivity contribution in [3.05, 3.63) is 34.3 Å². The van der Waals surface area contributed by atoms with Gasteiger partial charge in [-0.25, -0.2) is 0 Å². The lowest BCUT2D eigenvalue weighted by Gasteiger charge is -2.42. The van der Waals surface area contributed by atoms with Gasteiger partial charge in [0.05, 0.1) is 13.2 Å². The zero-order valence-corrected chi connectivity index (χ0v) is 12.1. The maximum atomic E-state index is 5.90. The summed E-state index contributed by atoms with van der Waals surface area (Å²) in [6.45, 7) is 4.56. The van der Waals surface area contributed by atoms with Crippen molar-refractivity contribution in [1.29, 1.82) is 0 Å². The van der Waals surface area contributed by atoms with Gasteiger partial charge in [-0.1, -0.05) is 35.0 Å². The number of piperidine rings is 1. The molecule has 1 aromatic carbocycles. The lowest BCUT2D eigenvalue weighted by molar-refractivity contribution is -0.210. The minimum absolute atomic E-state index is 0.312. The molecule has 0 radical (unpaired) electrons. The van der Waals surface area contributed by atoms with Gasteiger partial charge in [0.15, 0.2) is 5.79 Å². The minimum Gasteiger partial charge on any atom is -0.347 e. The molecule has 0 bridgehead atoms. The van der Waals surface area contributed by atoms with E-state index in [1.165, 1.54) is 5.56 Å². The molecular formula is C14H18BrNO2. The summed E-state index contributed by atoms with van der Waals surface area (Å²) in [6.07, 6.45) is 0.885. The van der Waals surface area contributed by atoms with Crippen molar-refractivity contribution in [2.24, 2.45) is 5.92 Å². The number of benzene rings is 1. The van der Waals surface area contributed by atoms with Crippen molar-refractivity contribution in [1.82, 2.24) is 5.32 Å². The van der Waals surface area contributed by atoms with Gasteiger partial charge in [0.2, 0.25) is 0 Å². The van der Waals surface area contributed by atoms with Crippen LogP contribution in [-0.4, -0.2) is 25.5 Å². The number of ether oxygens (including phenoxy) is 2. The van der Waals surface area contributed by atoms with E-state index in [1.807, 2.05) is 0 Å². The first kappa shape index (κ1) is 12.6. The molecule has 2 unspecified atom stereocenters. The highest BCUT2D eigenvalue weighted by molar-refractivity contribution is 9.10. The monoisotopic (exact) mass is 311 g/mol. The van der Waals surface area contributed by atoms with E-state index in [1.54, 1.807) is 0 Å². The molecule has 1 aromatic rings. The van der Waals surface area contributed by atoms with E-state index < -0.39 is 0 Å². The van der Waals surface area contributed by atoms with E-state index >= 15 is 0 Å². The van der Waals surface area contributed by atoms with Gasteiger partial charge in [0, 0.05) is 29.4 Å². The molecule has 3 nitrogen and oxygen atoms in total. The molecular weight excluding hydrogens is 294 g/mol. The van der Waals surface area contributed by atoms with Crippen LogP contribution in [0.3, 0.4) is 0 Å². The van der Waals surface area contributed by atoms with Crippen molar-refractivity contribution < 1.29 is 9.47 Å². The SMILES string of the molecule is CC1CNC(c2ccc(Br)cc2)CC12OCCO2. The summed E-state index contributed by atoms with van der Waals surface area (Å²) in [7, 11) is 0. The van der Waals surface area contributed by atoms with Gasteiger partial charge in [0.25, 0.3) is 0 Å². The highest BCUT2D eigenvalue weighted by Gasteiger charge is 2.46. The standard InChI is InChI=1S/C14H18BrNO2/c1-10-9-16-13(8-14(10)17-6-7-18-14)11-2-4-12(15)5-3-11/h2-5,10,13,16H,6-9H2,1H3. The molecule has 2 fully saturated rings. The molecule has 2 heterocycles. The van der Waals surface area contributed by atoms with Gasteiger partial charge < -0.3 is 14.8 Å². The number of rotatable bonds is 1. The van der Waals surface area contributed by atoms with Gasteiger partial charge >= 0.3 is 0 Å². The molecule has 2 saturated heterocycles. The van der Waals surface area contributed by atoms with Gasteiger partial charge in [-0.15, -0.1) is 0 Å². The van der Waals surface area contributed by atoms with Crippen molar-refractivity contribution in [3.8, 4) is 0 Å². The molecule has 18 heavy (non-hydrogen) atoms. The third kappa shape index (κ3) is 2.23. The Kier molecular flexibility index (Phi) is 3.45. The third-order valence-corrected chi connectivity index (χ3v) is 4.49. The summed E-state index contributed by atoms with van der Waals surface area (Å²) in [5.74, 6) is 0.0231. The zero-order valence-electron chi connectivity index (χ0n) is 10.5. The third-order valence-electron chi connectivity index (χ3n) is 3.96. The van der Waals surface area contributed by atoms with Crippen molar-refractivity contribution in [2.75, 3.05) is 19.8 Å². The first-order chi connectivity index (χ1) is 8.70. The number of halogens is 1. The molecule has 0 saturated carbocycles. The summed E-state index contributed by atoms with van der Waals surface area (Å²) in [6, 6.07) is 8.78. The van der Waals surface area contributed by atoms with E-state index in [0.29, 0.717) is 12.0 Å². The van der Waals surface area contributed by atoms with Crippen LogP contribution in [0.5, 0.6) is 0 Å². The second-order valence-corrected chi connectivity index (χ2v) is 6.04. The number of hydrogen-bond acceptors (Lipinski definition) is 3. The van der Waals surface area contributed by atoms with Crippen LogP contribution >= 0.6 is 15.9 Å². The molecule has 0 amide bonds. The molecule has 2 aliphatic rings. The smallest absolute Gasteiger partial charge is 0.174 e. The fourth-order valence-electron chi connectivity index (χ4n) is 2.84. The molecule has 4 heteroatoms. The Bertz CT molecular complexity index is 414. The van der Waals surface area contributed by atoms with E-state index in [0.717, 1.165) is 30.7 Å². The summed E-state index contributed by atoms with van der Waals surface area (Å²) in [4.78, 5) is 0. The second-order valence-electron chi connectivity index (χ2n) is 5.13. The van der Waals surface area contributed by atoms with E-state index in [9.17, 15) is 0 Å². The topological polar surface area (TPSA) is 30.5 Å². The summed E-state index contributed by atoms with van der Waals surface area (Å²) >= 11 is 3.47. The van der Waals surface area contributed by atoms with Crippen LogP contribution in [0.2, 0.25) is 0 Å². The summed E-state index contributed by atoms with van der Waals surface area (Å²) in [5.41, 5.74) is 1.29. The molecule has 0 aromatic heterocycles. The predicted molar refractivity (Wildman–Crippen MR) is 73.3 cm³/mol. The van der Waals surface area contributed by atoms with Gasteiger partial charge in [-0.3, -0.25) is 0 Å². The lowest BCUT2D eigenvalue weighted by atomic mass is 9.86. The van der Waals surface area contributed by atoms with Crippen LogP contribution in [0.25, 0.3) is 0 Å². The highest BCUT2D eigenvalue weighted by Crippen LogP contribution is 2.40. The van der Waals surface area contributed by atoms with E-state index in [2.05, 4.69) is 52.4 Å². The molecule has 1 N–H and O–H groups in total. The summed E-state index contributed by atoms with van der Waals surface area (Å²) < 4.78 is 12.9. The Balaban J connectivity index is 1.80. The van der Waals surface area contributed by atoms with Crippen LogP contribution in [0.15, 0.2) is 28.7 Å². The lowest BCUT2D eigenvalue weighted by Crippen LogP contribution is -2.51. The molecule has 1 spiro atoms. The quantitative estimate of drug-likeness (QED) is 0.865. The molecule has 0 aliphatic carbocycles. The largest absolute Gasteiger partial charge is 0.347 e. The van der Waals surface area contributed by atoms with Crippen LogP contribution < -0.4 is 5.32 Å². The molecule has 3 rings (SSSR count). The van der Waals surface area contributed by atoms with Crippen LogP contribution in [0.1, 0.15) is 24.9 Å². The maximum absolute atomic E-state index is 5.90. The van der Waals surface area contributed by atoms with Crippen molar-refractivity contribution in [3.63, 3.8) is 0 Å². The Hall–Kier alpha value is -0.420. The van der Waals surface area contributed by atoms with Crippen molar-refractivity contribution in [2.45, 2.75) is 25.2 Å². The number of nitrogens with one attached hydrogen (secondary N) is 1. The first-order valence-corrected chi connectivity index (χ1v) is 7.26. The average Bonchev–Trinajstić information content (AvgIpc) is 2.84. The minimum atomic E-state index is -0.372. The Morgan fingerprint density at radius 3 is 2.56 bits per heavy atom. The van der Waals surface area contributed by atoms with Gasteiger partial charge in [-0.2, -0.15) is 0 Å². The molecule has 2 atom stereocenters. The Labute approximate surface area is 116 Å². The Morgan fingerprint density at radius 2 is 1.89 bits per heavy atom. The molecule has 98 valence electrons. The zero-order chi connectivity index (χ0) is 12.6. The Morgan fingerprint density at radius 1 is 1.22 bits per heavy atom. The fourth-order valence-corrected chi connectivity index (χ4v) is 3.10. The van der Waals surface area contributed by atoms with Gasteiger partial charge in [0.1, 0.15) is 0 Å². The normalized spacial score (nSPS) is 30.8. The van der Waals surface area contributed by atoms with Gasteiger partial charge in [-0.05, 0) is 17.7 Å². The van der Waals surface area contributed by atoms with E-state index in [-0.39, 0.29) is 5.79 Å².